The number of aliphatic imine (C=N–C) groups is 1. The van der Waals surface area contributed by atoms with Crippen LogP contribution in [-0.2, 0) is 0 Å². The van der Waals surface area contributed by atoms with E-state index in [1.165, 1.54) is 5.57 Å². The molecular weight excluding hydrogens is 356 g/mol. The van der Waals surface area contributed by atoms with E-state index < -0.39 is 0 Å². The van der Waals surface area contributed by atoms with Crippen molar-refractivity contribution in [2.24, 2.45) is 4.99 Å². The minimum Gasteiger partial charge on any atom is -0.383 e. The lowest BCUT2D eigenvalue weighted by atomic mass is 9.95. The molecule has 0 spiro atoms. The summed E-state index contributed by atoms with van der Waals surface area (Å²) in [7, 11) is 0. The molecule has 0 radical (unpaired) electrons. The summed E-state index contributed by atoms with van der Waals surface area (Å²) in [6.07, 6.45) is 9.90. The van der Waals surface area contributed by atoms with Crippen molar-refractivity contribution in [1.82, 2.24) is 19.9 Å². The van der Waals surface area contributed by atoms with Crippen LogP contribution in [0, 0.1) is 0 Å². The number of nitrogens with zero attached hydrogens (tertiary/aromatic N) is 4. The van der Waals surface area contributed by atoms with Crippen molar-refractivity contribution in [3.8, 4) is 0 Å². The topological polar surface area (TPSA) is 80.6 Å². The number of hydrogen-bond donors (Lipinski definition) is 2. The summed E-state index contributed by atoms with van der Waals surface area (Å²) < 4.78 is 2.59. The highest BCUT2D eigenvalue weighted by atomic mass is 79.9. The molecule has 0 saturated carbocycles. The van der Waals surface area contributed by atoms with Crippen molar-refractivity contribution in [3.05, 3.63) is 28.1 Å². The first-order chi connectivity index (χ1) is 11.3. The van der Waals surface area contributed by atoms with Crippen molar-refractivity contribution < 1.29 is 0 Å². The molecule has 23 heavy (non-hydrogen) atoms. The van der Waals surface area contributed by atoms with E-state index >= 15 is 0 Å². The van der Waals surface area contributed by atoms with Crippen molar-refractivity contribution in [2.45, 2.75) is 31.6 Å². The van der Waals surface area contributed by atoms with E-state index in [4.69, 9.17) is 10.7 Å². The molecule has 1 fully saturated rings. The van der Waals surface area contributed by atoms with Gasteiger partial charge in [-0.3, -0.25) is 4.99 Å². The molecule has 2 aliphatic heterocycles. The maximum Gasteiger partial charge on any atom is 0.165 e. The van der Waals surface area contributed by atoms with Gasteiger partial charge in [0.2, 0.25) is 0 Å². The lowest BCUT2D eigenvalue weighted by molar-refractivity contribution is 0.453. The number of piperidine rings is 1. The monoisotopic (exact) mass is 374 g/mol. The van der Waals surface area contributed by atoms with E-state index in [0.29, 0.717) is 11.7 Å². The molecule has 1 saturated heterocycles. The predicted octanol–water partition coefficient (Wildman–Crippen LogP) is 2.75. The lowest BCUT2D eigenvalue weighted by Crippen LogP contribution is -2.29. The molecule has 4 heterocycles. The molecule has 0 aliphatic carbocycles. The Morgan fingerprint density at radius 3 is 3.04 bits per heavy atom. The van der Waals surface area contributed by atoms with E-state index in [9.17, 15) is 0 Å². The fraction of sp³-hybridized carbons (Fsp3) is 0.438. The average Bonchev–Trinajstić information content (AvgIpc) is 3.03. The molecule has 0 amide bonds. The Morgan fingerprint density at radius 1 is 1.39 bits per heavy atom. The van der Waals surface area contributed by atoms with Crippen molar-refractivity contribution in [1.29, 1.82) is 0 Å². The molecule has 0 aromatic carbocycles. The second kappa shape index (κ2) is 6.05. The number of aromatic nitrogens is 3. The molecule has 4 rings (SSSR count). The largest absolute Gasteiger partial charge is 0.383 e. The van der Waals surface area contributed by atoms with Gasteiger partial charge < -0.3 is 11.1 Å². The number of anilines is 1. The third-order valence-electron chi connectivity index (χ3n) is 4.56. The quantitative estimate of drug-likeness (QED) is 0.846. The first-order valence-corrected chi connectivity index (χ1v) is 8.79. The Balaban J connectivity index is 1.86. The van der Waals surface area contributed by atoms with Gasteiger partial charge in [-0.05, 0) is 53.7 Å². The highest BCUT2D eigenvalue weighted by Gasteiger charge is 2.24. The van der Waals surface area contributed by atoms with Gasteiger partial charge >= 0.3 is 0 Å². The first kappa shape index (κ1) is 14.8. The van der Waals surface area contributed by atoms with Crippen molar-refractivity contribution in [2.75, 3.05) is 18.8 Å². The van der Waals surface area contributed by atoms with Crippen molar-refractivity contribution in [3.63, 3.8) is 0 Å². The summed E-state index contributed by atoms with van der Waals surface area (Å²) in [5.41, 5.74) is 10.4. The maximum atomic E-state index is 6.31. The summed E-state index contributed by atoms with van der Waals surface area (Å²) in [5, 5.41) is 7.88. The standard InChI is InChI=1S/C16H19BrN6/c17-13-14(11-4-2-6-20-8-11)22-16-12(9-21-23(16)15(13)18)10-3-1-5-19-7-10/h5,7,9,11,20H,1-4,6,8,18H2. The maximum absolute atomic E-state index is 6.31. The van der Waals surface area contributed by atoms with Crippen LogP contribution >= 0.6 is 15.9 Å². The van der Waals surface area contributed by atoms with Crippen LogP contribution in [0.3, 0.4) is 0 Å². The summed E-state index contributed by atoms with van der Waals surface area (Å²) in [6, 6.07) is 0. The van der Waals surface area contributed by atoms with Gasteiger partial charge in [0, 0.05) is 30.4 Å². The summed E-state index contributed by atoms with van der Waals surface area (Å²) in [4.78, 5) is 9.21. The number of halogens is 1. The van der Waals surface area contributed by atoms with Crippen LogP contribution in [0.5, 0.6) is 0 Å². The number of rotatable bonds is 2. The fourth-order valence-corrected chi connectivity index (χ4v) is 3.88. The number of nitrogens with one attached hydrogen (secondary N) is 1. The van der Waals surface area contributed by atoms with Crippen molar-refractivity contribution >= 4 is 39.2 Å². The van der Waals surface area contributed by atoms with Crippen LogP contribution in [-0.4, -0.2) is 33.9 Å². The van der Waals surface area contributed by atoms with Gasteiger partial charge in [0.25, 0.3) is 0 Å². The number of fused-ring (bicyclic) bond motifs is 1. The molecule has 120 valence electrons. The fourth-order valence-electron chi connectivity index (χ4n) is 3.30. The van der Waals surface area contributed by atoms with E-state index in [0.717, 1.165) is 60.2 Å². The van der Waals surface area contributed by atoms with Crippen LogP contribution in [0.25, 0.3) is 11.2 Å². The number of nitrogen functional groups attached to an aromatic ring is 1. The van der Waals surface area contributed by atoms with E-state index in [1.807, 2.05) is 18.6 Å². The Hall–Kier alpha value is -1.73. The zero-order chi connectivity index (χ0) is 15.8. The number of nitrogens with two attached hydrogens (primary N) is 1. The molecule has 3 N–H and O–H groups in total. The van der Waals surface area contributed by atoms with Gasteiger partial charge in [-0.1, -0.05) is 0 Å². The van der Waals surface area contributed by atoms with E-state index in [2.05, 4.69) is 31.3 Å². The highest BCUT2D eigenvalue weighted by Crippen LogP contribution is 2.34. The van der Waals surface area contributed by atoms with Gasteiger partial charge in [0.1, 0.15) is 5.82 Å². The van der Waals surface area contributed by atoms with Crippen LogP contribution in [0.1, 0.15) is 42.9 Å². The molecule has 1 unspecified atom stereocenters. The summed E-state index contributed by atoms with van der Waals surface area (Å²) in [6.45, 7) is 2.02. The van der Waals surface area contributed by atoms with Gasteiger partial charge in [-0.15, -0.1) is 0 Å². The minimum absolute atomic E-state index is 0.381. The molecule has 6 nitrogen and oxygen atoms in total. The third kappa shape index (κ3) is 2.57. The molecular formula is C16H19BrN6. The summed E-state index contributed by atoms with van der Waals surface area (Å²) >= 11 is 3.63. The zero-order valence-electron chi connectivity index (χ0n) is 12.8. The second-order valence-electron chi connectivity index (χ2n) is 6.06. The zero-order valence-corrected chi connectivity index (χ0v) is 14.4. The molecule has 2 aromatic heterocycles. The second-order valence-corrected chi connectivity index (χ2v) is 6.85. The van der Waals surface area contributed by atoms with Gasteiger partial charge in [-0.2, -0.15) is 9.61 Å². The van der Waals surface area contributed by atoms with Crippen LogP contribution < -0.4 is 11.1 Å². The van der Waals surface area contributed by atoms with E-state index in [1.54, 1.807) is 4.52 Å². The van der Waals surface area contributed by atoms with Gasteiger partial charge in [0.15, 0.2) is 5.65 Å². The first-order valence-electron chi connectivity index (χ1n) is 8.00. The van der Waals surface area contributed by atoms with Crippen LogP contribution in [0.15, 0.2) is 21.9 Å². The molecule has 2 aliphatic rings. The minimum atomic E-state index is 0.381. The molecule has 2 aromatic rings. The number of hydrogen-bond acceptors (Lipinski definition) is 5. The van der Waals surface area contributed by atoms with Gasteiger partial charge in [-0.25, -0.2) is 4.98 Å². The Morgan fingerprint density at radius 2 is 2.30 bits per heavy atom. The number of allylic oxidation sites excluding steroid dienone is 1. The Kier molecular flexibility index (Phi) is 3.90. The average molecular weight is 375 g/mol. The van der Waals surface area contributed by atoms with E-state index in [-0.39, 0.29) is 0 Å². The van der Waals surface area contributed by atoms with Gasteiger partial charge in [0.05, 0.1) is 16.4 Å². The molecule has 0 bridgehead atoms. The molecule has 7 heteroatoms. The predicted molar refractivity (Wildman–Crippen MR) is 95.6 cm³/mol. The third-order valence-corrected chi connectivity index (χ3v) is 5.37. The smallest absolute Gasteiger partial charge is 0.165 e. The normalized spacial score (nSPS) is 21.6. The molecule has 1 atom stereocenters. The lowest BCUT2D eigenvalue weighted by Gasteiger charge is -2.24. The highest BCUT2D eigenvalue weighted by molar-refractivity contribution is 9.10. The SMILES string of the molecule is Nc1c(Br)c(C2CCCNC2)nc2c(C3=CN=CCC3)cnn12. The van der Waals surface area contributed by atoms with Crippen LogP contribution in [0.4, 0.5) is 5.82 Å². The Labute approximate surface area is 143 Å². The summed E-state index contributed by atoms with van der Waals surface area (Å²) in [5.74, 6) is 0.994. The van der Waals surface area contributed by atoms with Crippen LogP contribution in [0.2, 0.25) is 0 Å². The Bertz CT molecular complexity index is 800.